The number of hydrogen-bond donors (Lipinski definition) is 3. The lowest BCUT2D eigenvalue weighted by Crippen LogP contribution is -2.56. The van der Waals surface area contributed by atoms with Gasteiger partial charge in [-0.2, -0.15) is 0 Å². The highest BCUT2D eigenvalue weighted by atomic mass is 32.1. The van der Waals surface area contributed by atoms with E-state index in [-0.39, 0.29) is 22.7 Å². The monoisotopic (exact) mass is 593 g/mol. The van der Waals surface area contributed by atoms with Crippen LogP contribution in [0.3, 0.4) is 0 Å². The molecule has 2 aromatic rings. The average Bonchev–Trinajstić information content (AvgIpc) is 3.27. The third-order valence-electron chi connectivity index (χ3n) is 9.73. The van der Waals surface area contributed by atoms with E-state index in [4.69, 9.17) is 10.7 Å². The predicted octanol–water partition coefficient (Wildman–Crippen LogP) is 4.38. The van der Waals surface area contributed by atoms with Crippen molar-refractivity contribution in [1.29, 1.82) is 0 Å². The van der Waals surface area contributed by atoms with Crippen molar-refractivity contribution >= 4 is 40.0 Å². The number of thiazole rings is 1. The fraction of sp³-hybridized carbons (Fsp3) is 0.594. The number of nitrogens with one attached hydrogen (secondary N) is 2. The Morgan fingerprint density at radius 1 is 1.14 bits per heavy atom. The first-order chi connectivity index (χ1) is 19.7. The number of likely N-dealkylation sites (tertiary alicyclic amines) is 1. The summed E-state index contributed by atoms with van der Waals surface area (Å²) >= 11 is 1.44. The summed E-state index contributed by atoms with van der Waals surface area (Å²) in [5.41, 5.74) is 6.53. The fourth-order valence-corrected chi connectivity index (χ4v) is 7.37. The number of benzene rings is 1. The maximum atomic E-state index is 14.4. The third-order valence-corrected chi connectivity index (χ3v) is 10.5. The zero-order valence-electron chi connectivity index (χ0n) is 25.2. The Morgan fingerprint density at radius 3 is 2.36 bits per heavy atom. The minimum Gasteiger partial charge on any atom is -0.363 e. The molecular weight excluding hydrogens is 550 g/mol. The molecule has 3 aliphatic rings. The number of nitrogens with two attached hydrogens (primary N) is 1. The number of carbonyl (C=O) groups excluding carboxylic acids is 4. The van der Waals surface area contributed by atoms with Gasteiger partial charge in [0.15, 0.2) is 5.13 Å². The molecule has 1 spiro atoms. The number of Topliss-reactive ketones (excluding diaryl/α,β-unsaturated/α-hetero) is 1. The molecule has 1 aliphatic heterocycles. The second-order valence-electron chi connectivity index (χ2n) is 14.2. The van der Waals surface area contributed by atoms with Crippen LogP contribution >= 0.6 is 11.3 Å². The van der Waals surface area contributed by atoms with E-state index in [9.17, 15) is 19.2 Å². The number of anilines is 1. The summed E-state index contributed by atoms with van der Waals surface area (Å²) < 4.78 is 0. The second kappa shape index (κ2) is 11.1. The Hall–Kier alpha value is -3.27. The van der Waals surface area contributed by atoms with Crippen LogP contribution in [0.1, 0.15) is 73.1 Å². The van der Waals surface area contributed by atoms with Crippen molar-refractivity contribution in [2.75, 3.05) is 11.9 Å². The zero-order chi connectivity index (χ0) is 30.4. The highest BCUT2D eigenvalue weighted by Crippen LogP contribution is 2.69. The Bertz CT molecular complexity index is 1360. The van der Waals surface area contributed by atoms with E-state index in [1.54, 1.807) is 4.90 Å². The van der Waals surface area contributed by atoms with E-state index in [1.165, 1.54) is 11.3 Å². The predicted molar refractivity (Wildman–Crippen MR) is 163 cm³/mol. The van der Waals surface area contributed by atoms with E-state index in [2.05, 4.69) is 24.5 Å². The first kappa shape index (κ1) is 30.2. The van der Waals surface area contributed by atoms with Crippen LogP contribution in [0.2, 0.25) is 0 Å². The van der Waals surface area contributed by atoms with Gasteiger partial charge >= 0.3 is 0 Å². The standard InChI is InChI=1S/C32H43N5O4S/c1-30(2,3)25(36-29-35-22(16-42-29)20-12-7-6-8-13-20)28(41)37-18-32(17-31(32,4)5)15-23(37)27(40)34-21(24(38)26(33)39)14-19-10-9-11-19/h6-8,12-13,16,19,21,23,25H,9-11,14-15,17-18H2,1-5H3,(H2,33,39)(H,34,40)(H,35,36). The molecule has 3 fully saturated rings. The molecule has 0 radical (unpaired) electrons. The van der Waals surface area contributed by atoms with Crippen LogP contribution in [0.15, 0.2) is 35.7 Å². The van der Waals surface area contributed by atoms with Crippen LogP contribution < -0.4 is 16.4 Å². The number of amides is 3. The molecule has 3 amide bonds. The Balaban J connectivity index is 1.38. The molecule has 4 N–H and O–H groups in total. The molecule has 4 unspecified atom stereocenters. The highest BCUT2D eigenvalue weighted by molar-refractivity contribution is 7.14. The van der Waals surface area contributed by atoms with E-state index in [0.29, 0.717) is 24.5 Å². The summed E-state index contributed by atoms with van der Waals surface area (Å²) in [6.07, 6.45) is 4.83. The quantitative estimate of drug-likeness (QED) is 0.350. The van der Waals surface area contributed by atoms with Crippen LogP contribution in [0.25, 0.3) is 11.3 Å². The van der Waals surface area contributed by atoms with Crippen LogP contribution in [-0.4, -0.2) is 58.1 Å². The molecule has 42 heavy (non-hydrogen) atoms. The molecule has 1 aromatic carbocycles. The molecule has 10 heteroatoms. The third kappa shape index (κ3) is 5.96. The molecular formula is C32H43N5O4S. The number of ketones is 1. The smallest absolute Gasteiger partial charge is 0.287 e. The number of aromatic nitrogens is 1. The molecule has 1 saturated heterocycles. The normalized spacial score (nSPS) is 24.5. The molecule has 2 heterocycles. The van der Waals surface area contributed by atoms with Crippen molar-refractivity contribution in [1.82, 2.24) is 15.2 Å². The summed E-state index contributed by atoms with van der Waals surface area (Å²) in [6.45, 7) is 10.8. The molecule has 5 rings (SSSR count). The molecule has 9 nitrogen and oxygen atoms in total. The van der Waals surface area contributed by atoms with Gasteiger partial charge in [-0.3, -0.25) is 19.2 Å². The highest BCUT2D eigenvalue weighted by Gasteiger charge is 2.67. The van der Waals surface area contributed by atoms with E-state index < -0.39 is 41.1 Å². The van der Waals surface area contributed by atoms with E-state index in [1.807, 2.05) is 56.5 Å². The number of nitrogens with zero attached hydrogens (tertiary/aromatic N) is 2. The topological polar surface area (TPSA) is 134 Å². The van der Waals surface area contributed by atoms with Crippen molar-refractivity contribution in [2.45, 2.75) is 91.3 Å². The number of primary amides is 1. The first-order valence-corrected chi connectivity index (χ1v) is 15.8. The minimum absolute atomic E-state index is 0.000510. The fourth-order valence-electron chi connectivity index (χ4n) is 6.62. The van der Waals surface area contributed by atoms with Gasteiger partial charge in [-0.25, -0.2) is 4.98 Å². The van der Waals surface area contributed by atoms with Gasteiger partial charge in [-0.1, -0.05) is 84.2 Å². The van der Waals surface area contributed by atoms with E-state index >= 15 is 0 Å². The summed E-state index contributed by atoms with van der Waals surface area (Å²) in [7, 11) is 0. The SMILES string of the molecule is CC(C)(C)C(Nc1nc(-c2ccccc2)cs1)C(=O)N1CC2(CC1C(=O)NC(CC1CCC1)C(=O)C(N)=O)CC2(C)C. The van der Waals surface area contributed by atoms with Crippen LogP contribution in [0.4, 0.5) is 5.13 Å². The van der Waals surface area contributed by atoms with Gasteiger partial charge in [0.05, 0.1) is 11.7 Å². The summed E-state index contributed by atoms with van der Waals surface area (Å²) in [6, 6.07) is 7.52. The van der Waals surface area contributed by atoms with Crippen LogP contribution in [0, 0.1) is 22.2 Å². The number of rotatable bonds is 10. The van der Waals surface area contributed by atoms with Gasteiger partial charge in [0.25, 0.3) is 5.91 Å². The van der Waals surface area contributed by atoms with Crippen LogP contribution in [0.5, 0.6) is 0 Å². The van der Waals surface area contributed by atoms with Crippen molar-refractivity contribution < 1.29 is 19.2 Å². The molecule has 0 bridgehead atoms. The molecule has 2 aliphatic carbocycles. The molecule has 1 aromatic heterocycles. The Morgan fingerprint density at radius 2 is 1.81 bits per heavy atom. The maximum absolute atomic E-state index is 14.4. The lowest BCUT2D eigenvalue weighted by molar-refractivity contribution is -0.142. The van der Waals surface area contributed by atoms with Crippen molar-refractivity contribution in [2.24, 2.45) is 27.9 Å². The van der Waals surface area contributed by atoms with E-state index in [0.717, 1.165) is 36.9 Å². The van der Waals surface area contributed by atoms with Gasteiger partial charge in [0.2, 0.25) is 17.6 Å². The summed E-state index contributed by atoms with van der Waals surface area (Å²) in [5, 5.41) is 8.85. The lowest BCUT2D eigenvalue weighted by atomic mass is 9.80. The van der Waals surface area contributed by atoms with Gasteiger partial charge in [-0.05, 0) is 41.4 Å². The summed E-state index contributed by atoms with van der Waals surface area (Å²) in [5.74, 6) is -2.11. The van der Waals surface area contributed by atoms with Crippen molar-refractivity contribution in [3.63, 3.8) is 0 Å². The maximum Gasteiger partial charge on any atom is 0.287 e. The zero-order valence-corrected chi connectivity index (χ0v) is 26.1. The minimum atomic E-state index is -1.05. The first-order valence-electron chi connectivity index (χ1n) is 14.9. The summed E-state index contributed by atoms with van der Waals surface area (Å²) in [4.78, 5) is 59.2. The Labute approximate surface area is 252 Å². The largest absolute Gasteiger partial charge is 0.363 e. The Kier molecular flexibility index (Phi) is 7.98. The van der Waals surface area contributed by atoms with Crippen LogP contribution in [-0.2, 0) is 19.2 Å². The number of hydrogen-bond acceptors (Lipinski definition) is 7. The van der Waals surface area contributed by atoms with Crippen molar-refractivity contribution in [3.8, 4) is 11.3 Å². The van der Waals surface area contributed by atoms with Gasteiger partial charge in [0, 0.05) is 17.5 Å². The second-order valence-corrected chi connectivity index (χ2v) is 15.1. The van der Waals surface area contributed by atoms with Gasteiger partial charge < -0.3 is 21.3 Å². The van der Waals surface area contributed by atoms with Gasteiger partial charge in [0.1, 0.15) is 12.1 Å². The van der Waals surface area contributed by atoms with Gasteiger partial charge in [-0.15, -0.1) is 11.3 Å². The van der Waals surface area contributed by atoms with Crippen molar-refractivity contribution in [3.05, 3.63) is 35.7 Å². The average molecular weight is 594 g/mol. The molecule has 226 valence electrons. The molecule has 4 atom stereocenters. The molecule has 2 saturated carbocycles. The lowest BCUT2D eigenvalue weighted by Gasteiger charge is -2.36. The number of carbonyl (C=O) groups is 4.